The fourth-order valence-electron chi connectivity index (χ4n) is 2.53. The number of nitrogens with zero attached hydrogens (tertiary/aromatic N) is 2. The minimum absolute atomic E-state index is 0.546. The predicted octanol–water partition coefficient (Wildman–Crippen LogP) is 2.96. The average molecular weight is 259 g/mol. The van der Waals surface area contributed by atoms with E-state index in [-0.39, 0.29) is 0 Å². The van der Waals surface area contributed by atoms with E-state index in [1.165, 1.54) is 43.5 Å². The molecule has 0 bridgehead atoms. The molecule has 0 aliphatic heterocycles. The maximum absolute atomic E-state index is 4.35. The summed E-state index contributed by atoms with van der Waals surface area (Å²) in [5.74, 6) is 0.909. The lowest BCUT2D eigenvalue weighted by Crippen LogP contribution is -2.34. The average Bonchev–Trinajstić information content (AvgIpc) is 3.27. The number of hydrogen-bond donors (Lipinski definition) is 1. The highest BCUT2D eigenvalue weighted by Gasteiger charge is 2.27. The van der Waals surface area contributed by atoms with Gasteiger partial charge in [0.05, 0.1) is 11.9 Å². The summed E-state index contributed by atoms with van der Waals surface area (Å²) in [6.45, 7) is 6.75. The third-order valence-corrected chi connectivity index (χ3v) is 4.13. The Morgan fingerprint density at radius 1 is 1.32 bits per heavy atom. The summed E-state index contributed by atoms with van der Waals surface area (Å²) in [4.78, 5) is 6.89. The van der Waals surface area contributed by atoms with Crippen LogP contribution in [0.4, 0.5) is 5.69 Å². The summed E-state index contributed by atoms with van der Waals surface area (Å²) >= 11 is 0. The molecule has 0 amide bonds. The van der Waals surface area contributed by atoms with Crippen LogP contribution in [-0.2, 0) is 6.54 Å². The summed E-state index contributed by atoms with van der Waals surface area (Å²) < 4.78 is 0. The summed E-state index contributed by atoms with van der Waals surface area (Å²) in [5.41, 5.74) is 2.73. The Morgan fingerprint density at radius 2 is 2.11 bits per heavy atom. The van der Waals surface area contributed by atoms with Crippen molar-refractivity contribution >= 4 is 5.69 Å². The first-order chi connectivity index (χ1) is 9.24. The second-order valence-electron chi connectivity index (χ2n) is 6.35. The number of rotatable bonds is 7. The van der Waals surface area contributed by atoms with Crippen LogP contribution in [0.2, 0.25) is 0 Å². The first-order valence-corrected chi connectivity index (χ1v) is 7.67. The van der Waals surface area contributed by atoms with E-state index in [1.807, 2.05) is 12.4 Å². The van der Waals surface area contributed by atoms with Gasteiger partial charge >= 0.3 is 0 Å². The van der Waals surface area contributed by atoms with Crippen molar-refractivity contribution in [2.45, 2.75) is 58.2 Å². The molecule has 0 saturated heterocycles. The van der Waals surface area contributed by atoms with Crippen LogP contribution in [-0.4, -0.2) is 23.6 Å². The molecule has 0 aromatic carbocycles. The first-order valence-electron chi connectivity index (χ1n) is 7.67. The standard InChI is InChI=1S/C16H25N3/c1-12(2)19(11-13-3-4-13)16-10-17-8-7-14(16)9-18-15-5-6-15/h7-8,10,12-13,15,18H,3-6,9,11H2,1-2H3. The van der Waals surface area contributed by atoms with Crippen LogP contribution in [0.25, 0.3) is 0 Å². The molecule has 1 aromatic heterocycles. The largest absolute Gasteiger partial charge is 0.367 e. The van der Waals surface area contributed by atoms with E-state index in [1.54, 1.807) is 0 Å². The van der Waals surface area contributed by atoms with Gasteiger partial charge in [-0.1, -0.05) is 0 Å². The van der Waals surface area contributed by atoms with Gasteiger partial charge in [0.1, 0.15) is 0 Å². The molecule has 0 spiro atoms. The van der Waals surface area contributed by atoms with E-state index in [2.05, 4.69) is 35.1 Å². The number of pyridine rings is 1. The molecule has 3 nitrogen and oxygen atoms in total. The third-order valence-electron chi connectivity index (χ3n) is 4.13. The van der Waals surface area contributed by atoms with E-state index >= 15 is 0 Å². The number of nitrogens with one attached hydrogen (secondary N) is 1. The highest BCUT2D eigenvalue weighted by Crippen LogP contribution is 2.33. The fourth-order valence-corrected chi connectivity index (χ4v) is 2.53. The van der Waals surface area contributed by atoms with Gasteiger partial charge in [-0.3, -0.25) is 4.98 Å². The molecule has 19 heavy (non-hydrogen) atoms. The molecular weight excluding hydrogens is 234 g/mol. The zero-order valence-electron chi connectivity index (χ0n) is 12.1. The molecule has 2 aliphatic carbocycles. The molecule has 1 heterocycles. The van der Waals surface area contributed by atoms with Crippen molar-refractivity contribution in [3.8, 4) is 0 Å². The van der Waals surface area contributed by atoms with E-state index in [4.69, 9.17) is 0 Å². The summed E-state index contributed by atoms with van der Waals surface area (Å²) in [7, 11) is 0. The zero-order chi connectivity index (χ0) is 13.2. The Labute approximate surface area is 116 Å². The molecule has 0 unspecified atom stereocenters. The van der Waals surface area contributed by atoms with Gasteiger partial charge < -0.3 is 10.2 Å². The Morgan fingerprint density at radius 3 is 2.74 bits per heavy atom. The van der Waals surface area contributed by atoms with Gasteiger partial charge in [-0.15, -0.1) is 0 Å². The minimum atomic E-state index is 0.546. The molecule has 2 saturated carbocycles. The van der Waals surface area contributed by atoms with Crippen LogP contribution in [0, 0.1) is 5.92 Å². The SMILES string of the molecule is CC(C)N(CC1CC1)c1cnccc1CNC1CC1. The van der Waals surface area contributed by atoms with Gasteiger partial charge in [-0.2, -0.15) is 0 Å². The molecule has 2 aliphatic rings. The van der Waals surface area contributed by atoms with E-state index in [9.17, 15) is 0 Å². The monoisotopic (exact) mass is 259 g/mol. The fraction of sp³-hybridized carbons (Fsp3) is 0.688. The molecule has 2 fully saturated rings. The maximum atomic E-state index is 4.35. The summed E-state index contributed by atoms with van der Waals surface area (Å²) in [6.07, 6.45) is 9.46. The second-order valence-corrected chi connectivity index (χ2v) is 6.35. The zero-order valence-corrected chi connectivity index (χ0v) is 12.1. The van der Waals surface area contributed by atoms with Crippen molar-refractivity contribution in [3.05, 3.63) is 24.0 Å². The minimum Gasteiger partial charge on any atom is -0.367 e. The lowest BCUT2D eigenvalue weighted by atomic mass is 10.1. The summed E-state index contributed by atoms with van der Waals surface area (Å²) in [6, 6.07) is 3.48. The van der Waals surface area contributed by atoms with Crippen LogP contribution >= 0.6 is 0 Å². The Kier molecular flexibility index (Phi) is 3.74. The van der Waals surface area contributed by atoms with Gasteiger partial charge in [0, 0.05) is 31.4 Å². The van der Waals surface area contributed by atoms with Crippen LogP contribution < -0.4 is 10.2 Å². The van der Waals surface area contributed by atoms with Crippen molar-refractivity contribution < 1.29 is 0 Å². The number of anilines is 1. The number of hydrogen-bond acceptors (Lipinski definition) is 3. The summed E-state index contributed by atoms with van der Waals surface area (Å²) in [5, 5.41) is 3.62. The maximum Gasteiger partial charge on any atom is 0.0600 e. The molecule has 0 radical (unpaired) electrons. The number of aromatic nitrogens is 1. The Bertz CT molecular complexity index is 422. The second kappa shape index (κ2) is 5.49. The van der Waals surface area contributed by atoms with E-state index in [0.717, 1.165) is 18.5 Å². The van der Waals surface area contributed by atoms with Gasteiger partial charge in [-0.05, 0) is 57.1 Å². The third kappa shape index (κ3) is 3.47. The van der Waals surface area contributed by atoms with Gasteiger partial charge in [0.25, 0.3) is 0 Å². The highest BCUT2D eigenvalue weighted by atomic mass is 15.2. The predicted molar refractivity (Wildman–Crippen MR) is 79.3 cm³/mol. The molecule has 1 aromatic rings. The lowest BCUT2D eigenvalue weighted by Gasteiger charge is -2.30. The highest BCUT2D eigenvalue weighted by molar-refractivity contribution is 5.52. The molecule has 1 N–H and O–H groups in total. The quantitative estimate of drug-likeness (QED) is 0.816. The molecule has 3 rings (SSSR count). The van der Waals surface area contributed by atoms with Crippen molar-refractivity contribution in [3.63, 3.8) is 0 Å². The van der Waals surface area contributed by atoms with E-state index < -0.39 is 0 Å². The first kappa shape index (κ1) is 12.9. The normalized spacial score (nSPS) is 18.9. The molecular formula is C16H25N3. The van der Waals surface area contributed by atoms with Gasteiger partial charge in [-0.25, -0.2) is 0 Å². The lowest BCUT2D eigenvalue weighted by molar-refractivity contribution is 0.631. The van der Waals surface area contributed by atoms with Gasteiger partial charge in [0.15, 0.2) is 0 Å². The molecule has 3 heteroatoms. The van der Waals surface area contributed by atoms with Crippen LogP contribution in [0.1, 0.15) is 45.1 Å². The Balaban J connectivity index is 1.74. The van der Waals surface area contributed by atoms with Crippen LogP contribution in [0.15, 0.2) is 18.5 Å². The van der Waals surface area contributed by atoms with Crippen molar-refractivity contribution in [1.29, 1.82) is 0 Å². The van der Waals surface area contributed by atoms with Crippen molar-refractivity contribution in [2.24, 2.45) is 5.92 Å². The van der Waals surface area contributed by atoms with Crippen molar-refractivity contribution in [2.75, 3.05) is 11.4 Å². The van der Waals surface area contributed by atoms with Gasteiger partial charge in [0.2, 0.25) is 0 Å². The molecule has 0 atom stereocenters. The van der Waals surface area contributed by atoms with E-state index in [0.29, 0.717) is 6.04 Å². The topological polar surface area (TPSA) is 28.2 Å². The molecule has 104 valence electrons. The van der Waals surface area contributed by atoms with Crippen LogP contribution in [0.3, 0.4) is 0 Å². The van der Waals surface area contributed by atoms with Crippen LogP contribution in [0.5, 0.6) is 0 Å². The van der Waals surface area contributed by atoms with Crippen molar-refractivity contribution in [1.82, 2.24) is 10.3 Å². The smallest absolute Gasteiger partial charge is 0.0600 e. The Hall–Kier alpha value is -1.09.